The van der Waals surface area contributed by atoms with Crippen LogP contribution in [0.2, 0.25) is 0 Å². The lowest BCUT2D eigenvalue weighted by atomic mass is 10.2. The normalized spacial score (nSPS) is 10.1. The molecule has 0 fully saturated rings. The van der Waals surface area contributed by atoms with Gasteiger partial charge >= 0.3 is 0 Å². The fourth-order valence-electron chi connectivity index (χ4n) is 2.36. The lowest BCUT2D eigenvalue weighted by molar-refractivity contribution is -0.116. The second kappa shape index (κ2) is 9.84. The number of benzene rings is 2. The molecule has 0 saturated carbocycles. The molecule has 0 radical (unpaired) electrons. The molecule has 9 heteroatoms. The number of ether oxygens (including phenoxy) is 1. The number of carbonyl (C=O) groups excluding carboxylic acids is 3. The summed E-state index contributed by atoms with van der Waals surface area (Å²) in [6.07, 6.45) is -0.00774. The summed E-state index contributed by atoms with van der Waals surface area (Å²) in [5.74, 6) is -1.21. The molecular weight excluding hydrogens is 433 g/mol. The molecule has 0 bridgehead atoms. The highest BCUT2D eigenvalue weighted by molar-refractivity contribution is 9.10. The predicted octanol–water partition coefficient (Wildman–Crippen LogP) is 3.31. The number of rotatable bonds is 7. The predicted molar refractivity (Wildman–Crippen MR) is 107 cm³/mol. The third-order valence-electron chi connectivity index (χ3n) is 3.60. The molecule has 2 aromatic rings. The van der Waals surface area contributed by atoms with Crippen LogP contribution in [0.1, 0.15) is 23.7 Å². The van der Waals surface area contributed by atoms with Crippen LogP contribution < -0.4 is 20.7 Å². The van der Waals surface area contributed by atoms with Gasteiger partial charge in [0.25, 0.3) is 5.91 Å². The first kappa shape index (κ1) is 21.4. The summed E-state index contributed by atoms with van der Waals surface area (Å²) < 4.78 is 18.9. The maximum Gasteiger partial charge on any atom is 0.252 e. The first-order chi connectivity index (χ1) is 13.3. The standard InChI is InChI=1S/C19H19BrFN3O4/c1-11(25)23-13-4-6-17(28-2)16(10-13)24-18(26)7-8-22-19(27)14-9-12(21)3-5-15(14)20/h3-6,9-10H,7-8H2,1-2H3,(H,22,27)(H,23,25)(H,24,26). The van der Waals surface area contributed by atoms with Crippen LogP contribution in [0, 0.1) is 5.82 Å². The minimum absolute atomic E-state index is 0.00774. The van der Waals surface area contributed by atoms with Crippen LogP contribution in [0.4, 0.5) is 15.8 Å². The zero-order chi connectivity index (χ0) is 20.7. The molecule has 0 unspecified atom stereocenters. The van der Waals surface area contributed by atoms with Crippen molar-refractivity contribution < 1.29 is 23.5 Å². The van der Waals surface area contributed by atoms with Gasteiger partial charge in [-0.05, 0) is 52.3 Å². The van der Waals surface area contributed by atoms with E-state index in [4.69, 9.17) is 4.74 Å². The quantitative estimate of drug-likeness (QED) is 0.601. The Morgan fingerprint density at radius 2 is 1.86 bits per heavy atom. The van der Waals surface area contributed by atoms with Crippen molar-refractivity contribution in [2.75, 3.05) is 24.3 Å². The second-order valence-corrected chi connectivity index (χ2v) is 6.63. The summed E-state index contributed by atoms with van der Waals surface area (Å²) in [6, 6.07) is 8.61. The van der Waals surface area contributed by atoms with Gasteiger partial charge in [-0.25, -0.2) is 4.39 Å². The molecule has 0 saturated heterocycles. The molecule has 7 nitrogen and oxygen atoms in total. The van der Waals surface area contributed by atoms with Crippen molar-refractivity contribution >= 4 is 45.0 Å². The topological polar surface area (TPSA) is 96.5 Å². The molecule has 3 N–H and O–H groups in total. The number of nitrogens with one attached hydrogen (secondary N) is 3. The van der Waals surface area contributed by atoms with Crippen molar-refractivity contribution in [3.8, 4) is 5.75 Å². The Balaban J connectivity index is 1.94. The van der Waals surface area contributed by atoms with Crippen LogP contribution >= 0.6 is 15.9 Å². The van der Waals surface area contributed by atoms with E-state index < -0.39 is 11.7 Å². The summed E-state index contributed by atoms with van der Waals surface area (Å²) in [4.78, 5) is 35.5. The van der Waals surface area contributed by atoms with E-state index in [9.17, 15) is 18.8 Å². The smallest absolute Gasteiger partial charge is 0.252 e. The Kier molecular flexibility index (Phi) is 7.51. The van der Waals surface area contributed by atoms with Crippen LogP contribution in [-0.4, -0.2) is 31.4 Å². The average molecular weight is 452 g/mol. The lowest BCUT2D eigenvalue weighted by Crippen LogP contribution is -2.28. The number of halogens is 2. The van der Waals surface area contributed by atoms with Crippen LogP contribution in [0.3, 0.4) is 0 Å². The Labute approximate surface area is 169 Å². The minimum atomic E-state index is -0.530. The van der Waals surface area contributed by atoms with Gasteiger partial charge in [0.05, 0.1) is 18.4 Å². The Morgan fingerprint density at radius 1 is 1.11 bits per heavy atom. The summed E-state index contributed by atoms with van der Waals surface area (Å²) in [5, 5.41) is 7.86. The number of methoxy groups -OCH3 is 1. The summed E-state index contributed by atoms with van der Waals surface area (Å²) in [7, 11) is 1.46. The van der Waals surface area contributed by atoms with Crippen LogP contribution in [0.5, 0.6) is 5.75 Å². The zero-order valence-electron chi connectivity index (χ0n) is 15.3. The van der Waals surface area contributed by atoms with Gasteiger partial charge in [0, 0.05) is 30.0 Å². The minimum Gasteiger partial charge on any atom is -0.495 e. The van der Waals surface area contributed by atoms with Crippen molar-refractivity contribution in [2.45, 2.75) is 13.3 Å². The van der Waals surface area contributed by atoms with Gasteiger partial charge in [-0.2, -0.15) is 0 Å². The van der Waals surface area contributed by atoms with Crippen molar-refractivity contribution in [3.63, 3.8) is 0 Å². The van der Waals surface area contributed by atoms with Crippen molar-refractivity contribution in [1.29, 1.82) is 0 Å². The highest BCUT2D eigenvalue weighted by atomic mass is 79.9. The Bertz CT molecular complexity index is 905. The van der Waals surface area contributed by atoms with Crippen molar-refractivity contribution in [2.24, 2.45) is 0 Å². The van der Waals surface area contributed by atoms with Gasteiger partial charge in [-0.1, -0.05) is 0 Å². The number of hydrogen-bond donors (Lipinski definition) is 3. The molecule has 0 aliphatic carbocycles. The zero-order valence-corrected chi connectivity index (χ0v) is 16.9. The van der Waals surface area contributed by atoms with E-state index in [-0.39, 0.29) is 30.3 Å². The molecule has 3 amide bonds. The third kappa shape index (κ3) is 6.05. The van der Waals surface area contributed by atoms with Gasteiger partial charge in [0.15, 0.2) is 0 Å². The number of carbonyl (C=O) groups is 3. The highest BCUT2D eigenvalue weighted by Gasteiger charge is 2.13. The SMILES string of the molecule is COc1ccc(NC(C)=O)cc1NC(=O)CCNC(=O)c1cc(F)ccc1Br. The van der Waals surface area contributed by atoms with Gasteiger partial charge in [-0.3, -0.25) is 14.4 Å². The molecule has 0 aromatic heterocycles. The molecule has 28 heavy (non-hydrogen) atoms. The van der Waals surface area contributed by atoms with E-state index >= 15 is 0 Å². The fraction of sp³-hybridized carbons (Fsp3) is 0.211. The van der Waals surface area contributed by atoms with E-state index in [2.05, 4.69) is 31.9 Å². The average Bonchev–Trinajstić information content (AvgIpc) is 2.63. The van der Waals surface area contributed by atoms with Gasteiger partial charge in [-0.15, -0.1) is 0 Å². The first-order valence-electron chi connectivity index (χ1n) is 8.29. The van der Waals surface area contributed by atoms with E-state index in [1.54, 1.807) is 18.2 Å². The van der Waals surface area contributed by atoms with Crippen LogP contribution in [0.25, 0.3) is 0 Å². The Morgan fingerprint density at radius 3 is 2.54 bits per heavy atom. The van der Waals surface area contributed by atoms with E-state index in [1.165, 1.54) is 26.2 Å². The molecular formula is C19H19BrFN3O4. The molecule has 0 heterocycles. The molecule has 0 aliphatic rings. The summed E-state index contributed by atoms with van der Waals surface area (Å²) >= 11 is 3.19. The number of amides is 3. The maximum absolute atomic E-state index is 13.3. The lowest BCUT2D eigenvalue weighted by Gasteiger charge is -2.13. The molecule has 2 aromatic carbocycles. The van der Waals surface area contributed by atoms with Crippen molar-refractivity contribution in [1.82, 2.24) is 5.32 Å². The van der Waals surface area contributed by atoms with Crippen LogP contribution in [-0.2, 0) is 9.59 Å². The maximum atomic E-state index is 13.3. The molecule has 148 valence electrons. The number of anilines is 2. The largest absolute Gasteiger partial charge is 0.495 e. The molecule has 2 rings (SSSR count). The third-order valence-corrected chi connectivity index (χ3v) is 4.30. The number of hydrogen-bond acceptors (Lipinski definition) is 4. The van der Waals surface area contributed by atoms with Gasteiger partial charge in [0.1, 0.15) is 11.6 Å². The highest BCUT2D eigenvalue weighted by Crippen LogP contribution is 2.28. The fourth-order valence-corrected chi connectivity index (χ4v) is 2.78. The Hall–Kier alpha value is -2.94. The van der Waals surface area contributed by atoms with Crippen molar-refractivity contribution in [3.05, 3.63) is 52.3 Å². The summed E-state index contributed by atoms with van der Waals surface area (Å²) in [6.45, 7) is 1.43. The van der Waals surface area contributed by atoms with Gasteiger partial charge < -0.3 is 20.7 Å². The second-order valence-electron chi connectivity index (χ2n) is 5.77. The van der Waals surface area contributed by atoms with E-state index in [0.717, 1.165) is 6.07 Å². The van der Waals surface area contributed by atoms with E-state index in [1.807, 2.05) is 0 Å². The van der Waals surface area contributed by atoms with Crippen LogP contribution in [0.15, 0.2) is 40.9 Å². The molecule has 0 aliphatic heterocycles. The molecule has 0 spiro atoms. The monoisotopic (exact) mass is 451 g/mol. The molecule has 0 atom stereocenters. The first-order valence-corrected chi connectivity index (χ1v) is 9.08. The van der Waals surface area contributed by atoms with Gasteiger partial charge in [0.2, 0.25) is 11.8 Å². The summed E-state index contributed by atoms with van der Waals surface area (Å²) in [5.41, 5.74) is 1.04. The van der Waals surface area contributed by atoms with E-state index in [0.29, 0.717) is 21.6 Å².